The van der Waals surface area contributed by atoms with Crippen molar-refractivity contribution in [2.75, 3.05) is 13.2 Å². The van der Waals surface area contributed by atoms with Crippen LogP contribution in [0.15, 0.2) is 83.6 Å². The number of pyridine rings is 1. The Morgan fingerprint density at radius 3 is 2.12 bits per heavy atom. The summed E-state index contributed by atoms with van der Waals surface area (Å²) in [5.41, 5.74) is 0.187. The average Bonchev–Trinajstić information content (AvgIpc) is 3.44. The van der Waals surface area contributed by atoms with Crippen LogP contribution >= 0.6 is 0 Å². The number of hydrogen-bond donors (Lipinski definition) is 2. The van der Waals surface area contributed by atoms with Gasteiger partial charge < -0.3 is 18.6 Å². The molecule has 0 saturated carbocycles. The third-order valence-electron chi connectivity index (χ3n) is 5.87. The zero-order chi connectivity index (χ0) is 27.2. The van der Waals surface area contributed by atoms with E-state index in [0.717, 1.165) is 11.3 Å². The van der Waals surface area contributed by atoms with Crippen molar-refractivity contribution in [3.05, 3.63) is 79.2 Å². The second kappa shape index (κ2) is 12.9. The normalized spacial score (nSPS) is 14.1. The van der Waals surface area contributed by atoms with Crippen LogP contribution in [0.3, 0.4) is 0 Å². The van der Waals surface area contributed by atoms with E-state index in [9.17, 15) is 14.4 Å². The van der Waals surface area contributed by atoms with Crippen LogP contribution in [0.5, 0.6) is 17.2 Å². The number of oxazole rings is 1. The molecule has 1 aliphatic rings. The summed E-state index contributed by atoms with van der Waals surface area (Å²) in [5, 5.41) is 4.18. The van der Waals surface area contributed by atoms with Crippen molar-refractivity contribution in [3.63, 3.8) is 0 Å². The molecular formula is C28H25N4NaO7. The number of imide groups is 2. The van der Waals surface area contributed by atoms with Crippen molar-refractivity contribution in [1.29, 1.82) is 0 Å². The number of urea groups is 1. The molecule has 5 rings (SSSR count). The number of ether oxygens (including phenoxy) is 3. The van der Waals surface area contributed by atoms with E-state index in [1.165, 1.54) is 0 Å². The van der Waals surface area contributed by atoms with Gasteiger partial charge in [-0.1, -0.05) is 6.07 Å². The molecule has 1 aliphatic heterocycles. The predicted molar refractivity (Wildman–Crippen MR) is 145 cm³/mol. The SMILES string of the molecule is CCOCCC1(Oc2ccc(Oc3ccc(-c4nc(-c5ccccn5)co4)cc3)cc2)C(=O)NC(=O)NC1=O.[NaH]. The van der Waals surface area contributed by atoms with Gasteiger partial charge in [-0.25, -0.2) is 9.78 Å². The fourth-order valence-corrected chi connectivity index (χ4v) is 3.89. The first kappa shape index (κ1) is 29.0. The third kappa shape index (κ3) is 6.40. The molecule has 4 amide bonds. The molecule has 1 fully saturated rings. The van der Waals surface area contributed by atoms with Gasteiger partial charge in [-0.05, 0) is 67.6 Å². The van der Waals surface area contributed by atoms with Gasteiger partial charge in [0.1, 0.15) is 29.2 Å². The van der Waals surface area contributed by atoms with Crippen LogP contribution in [0.2, 0.25) is 0 Å². The van der Waals surface area contributed by atoms with Crippen LogP contribution in [0.1, 0.15) is 13.3 Å². The molecule has 200 valence electrons. The number of hydrogen-bond acceptors (Lipinski definition) is 9. The Labute approximate surface area is 251 Å². The molecule has 1 saturated heterocycles. The van der Waals surface area contributed by atoms with Gasteiger partial charge >= 0.3 is 35.6 Å². The molecule has 2 N–H and O–H groups in total. The van der Waals surface area contributed by atoms with Gasteiger partial charge in [0.05, 0.1) is 12.3 Å². The molecule has 2 aromatic carbocycles. The Balaban J connectivity index is 0.00000370. The van der Waals surface area contributed by atoms with E-state index in [1.54, 1.807) is 55.8 Å². The first-order valence-electron chi connectivity index (χ1n) is 12.2. The first-order chi connectivity index (χ1) is 19.0. The summed E-state index contributed by atoms with van der Waals surface area (Å²) >= 11 is 0. The van der Waals surface area contributed by atoms with E-state index >= 15 is 0 Å². The molecule has 0 atom stereocenters. The number of carbonyl (C=O) groups excluding carboxylic acids is 3. The Kier molecular flexibility index (Phi) is 9.33. The second-order valence-electron chi connectivity index (χ2n) is 8.46. The molecule has 2 aromatic heterocycles. The van der Waals surface area contributed by atoms with E-state index in [0.29, 0.717) is 29.7 Å². The Morgan fingerprint density at radius 2 is 1.50 bits per heavy atom. The van der Waals surface area contributed by atoms with Crippen LogP contribution in [0, 0.1) is 0 Å². The maximum atomic E-state index is 12.6. The summed E-state index contributed by atoms with van der Waals surface area (Å²) in [7, 11) is 0. The zero-order valence-corrected chi connectivity index (χ0v) is 20.9. The van der Waals surface area contributed by atoms with Crippen LogP contribution in [-0.2, 0) is 14.3 Å². The van der Waals surface area contributed by atoms with Gasteiger partial charge in [0.15, 0.2) is 0 Å². The standard InChI is InChI=1S/C28H24N4O7.Na.H/c1-2-36-16-14-28(25(33)31-27(35)32-26(28)34)39-21-12-10-20(11-13-21)38-19-8-6-18(7-9-19)24-30-23(17-37-24)22-5-3-4-15-29-22;;/h3-13,15,17H,2,14,16H2,1H3,(H2,31,32,33,34,35);;. The van der Waals surface area contributed by atoms with Gasteiger partial charge in [0.2, 0.25) is 5.89 Å². The molecule has 0 bridgehead atoms. The number of amides is 4. The molecule has 0 radical (unpaired) electrons. The Hall–Kier alpha value is -4.03. The summed E-state index contributed by atoms with van der Waals surface area (Å²) in [6.07, 6.45) is 3.18. The number of rotatable bonds is 10. The van der Waals surface area contributed by atoms with E-state index in [2.05, 4.69) is 20.6 Å². The molecule has 40 heavy (non-hydrogen) atoms. The summed E-state index contributed by atoms with van der Waals surface area (Å²) in [5.74, 6) is 0.0615. The number of nitrogens with one attached hydrogen (secondary N) is 2. The first-order valence-corrected chi connectivity index (χ1v) is 12.2. The number of aromatic nitrogens is 2. The Bertz CT molecular complexity index is 1450. The molecule has 3 heterocycles. The predicted octanol–water partition coefficient (Wildman–Crippen LogP) is 3.46. The molecular weight excluding hydrogens is 527 g/mol. The Morgan fingerprint density at radius 1 is 0.850 bits per heavy atom. The zero-order valence-electron chi connectivity index (χ0n) is 20.9. The molecule has 11 nitrogen and oxygen atoms in total. The van der Waals surface area contributed by atoms with Crippen LogP contribution in [-0.4, -0.2) is 76.2 Å². The minimum atomic E-state index is -1.95. The molecule has 4 aromatic rings. The monoisotopic (exact) mass is 552 g/mol. The summed E-state index contributed by atoms with van der Waals surface area (Å²) in [6.45, 7) is 2.27. The number of benzene rings is 2. The second-order valence-corrected chi connectivity index (χ2v) is 8.46. The van der Waals surface area contributed by atoms with E-state index in [1.807, 2.05) is 30.3 Å². The van der Waals surface area contributed by atoms with Gasteiger partial charge in [-0.15, -0.1) is 0 Å². The van der Waals surface area contributed by atoms with Gasteiger partial charge in [0.25, 0.3) is 17.4 Å². The van der Waals surface area contributed by atoms with Gasteiger partial charge in [-0.2, -0.15) is 0 Å². The quantitative estimate of drug-likeness (QED) is 0.172. The van der Waals surface area contributed by atoms with Crippen molar-refractivity contribution < 1.29 is 33.0 Å². The van der Waals surface area contributed by atoms with E-state index in [-0.39, 0.29) is 48.3 Å². The van der Waals surface area contributed by atoms with Crippen molar-refractivity contribution >= 4 is 47.4 Å². The topological polar surface area (TPSA) is 142 Å². The molecule has 12 heteroatoms. The number of nitrogens with zero attached hydrogens (tertiary/aromatic N) is 2. The number of carbonyl (C=O) groups is 3. The fourth-order valence-electron chi connectivity index (χ4n) is 3.89. The average molecular weight is 553 g/mol. The molecule has 0 aliphatic carbocycles. The number of barbiturate groups is 1. The van der Waals surface area contributed by atoms with E-state index < -0.39 is 23.4 Å². The van der Waals surface area contributed by atoms with Crippen LogP contribution < -0.4 is 20.1 Å². The van der Waals surface area contributed by atoms with Gasteiger partial charge in [0, 0.05) is 24.8 Å². The third-order valence-corrected chi connectivity index (χ3v) is 5.87. The van der Waals surface area contributed by atoms with Crippen LogP contribution in [0.25, 0.3) is 22.8 Å². The summed E-state index contributed by atoms with van der Waals surface area (Å²) < 4.78 is 22.7. The van der Waals surface area contributed by atoms with E-state index in [4.69, 9.17) is 18.6 Å². The minimum absolute atomic E-state index is 0. The maximum absolute atomic E-state index is 12.6. The molecule has 0 unspecified atom stereocenters. The van der Waals surface area contributed by atoms with Crippen molar-refractivity contribution in [1.82, 2.24) is 20.6 Å². The van der Waals surface area contributed by atoms with Gasteiger partial charge in [-0.3, -0.25) is 25.2 Å². The van der Waals surface area contributed by atoms with Crippen molar-refractivity contribution in [3.8, 4) is 40.1 Å². The fraction of sp³-hybridized carbons (Fsp3) is 0.179. The summed E-state index contributed by atoms with van der Waals surface area (Å²) in [4.78, 5) is 45.6. The summed E-state index contributed by atoms with van der Waals surface area (Å²) in [6, 6.07) is 18.3. The van der Waals surface area contributed by atoms with Crippen molar-refractivity contribution in [2.45, 2.75) is 18.9 Å². The molecule has 0 spiro atoms. The van der Waals surface area contributed by atoms with Crippen molar-refractivity contribution in [2.24, 2.45) is 0 Å². The van der Waals surface area contributed by atoms with Crippen LogP contribution in [0.4, 0.5) is 4.79 Å².